The SMILES string of the molecule is CCCNCC1CCCN(S(=O)(=O)N2CCOC(C)C2)C1. The maximum atomic E-state index is 12.7. The van der Waals surface area contributed by atoms with Gasteiger partial charge in [-0.3, -0.25) is 0 Å². The molecule has 7 heteroatoms. The molecule has 2 heterocycles. The lowest BCUT2D eigenvalue weighted by molar-refractivity contribution is 0.00779. The molecule has 2 fully saturated rings. The van der Waals surface area contributed by atoms with Crippen molar-refractivity contribution in [2.24, 2.45) is 5.92 Å². The standard InChI is InChI=1S/C14H29N3O3S/c1-3-6-15-10-14-5-4-7-16(12-14)21(18,19)17-8-9-20-13(2)11-17/h13-15H,3-12H2,1-2H3. The van der Waals surface area contributed by atoms with Crippen molar-refractivity contribution in [1.29, 1.82) is 0 Å². The molecule has 0 bridgehead atoms. The fraction of sp³-hybridized carbons (Fsp3) is 1.00. The highest BCUT2D eigenvalue weighted by Gasteiger charge is 2.35. The summed E-state index contributed by atoms with van der Waals surface area (Å²) in [5.74, 6) is 0.429. The third kappa shape index (κ3) is 4.63. The monoisotopic (exact) mass is 319 g/mol. The number of ether oxygens (including phenoxy) is 1. The quantitative estimate of drug-likeness (QED) is 0.731. The van der Waals surface area contributed by atoms with E-state index in [1.807, 2.05) is 6.92 Å². The van der Waals surface area contributed by atoms with Crippen molar-refractivity contribution in [2.75, 3.05) is 45.9 Å². The summed E-state index contributed by atoms with van der Waals surface area (Å²) in [5, 5.41) is 3.41. The van der Waals surface area contributed by atoms with Gasteiger partial charge in [0.05, 0.1) is 12.7 Å². The lowest BCUT2D eigenvalue weighted by Crippen LogP contribution is -2.53. The zero-order chi connectivity index (χ0) is 15.3. The van der Waals surface area contributed by atoms with Gasteiger partial charge in [-0.2, -0.15) is 17.0 Å². The molecule has 2 saturated heterocycles. The molecule has 0 aromatic rings. The topological polar surface area (TPSA) is 61.9 Å². The highest BCUT2D eigenvalue weighted by Crippen LogP contribution is 2.22. The Morgan fingerprint density at radius 1 is 1.24 bits per heavy atom. The molecule has 124 valence electrons. The highest BCUT2D eigenvalue weighted by molar-refractivity contribution is 7.86. The summed E-state index contributed by atoms with van der Waals surface area (Å²) >= 11 is 0. The third-order valence-electron chi connectivity index (χ3n) is 4.20. The maximum absolute atomic E-state index is 12.7. The molecule has 0 aliphatic carbocycles. The van der Waals surface area contributed by atoms with Gasteiger partial charge in [-0.1, -0.05) is 6.92 Å². The van der Waals surface area contributed by atoms with Crippen molar-refractivity contribution in [3.05, 3.63) is 0 Å². The number of hydrogen-bond donors (Lipinski definition) is 1. The first-order chi connectivity index (χ1) is 10.0. The van der Waals surface area contributed by atoms with Gasteiger partial charge in [-0.15, -0.1) is 0 Å². The Bertz CT molecular complexity index is 416. The summed E-state index contributed by atoms with van der Waals surface area (Å²) < 4.78 is 34.2. The number of hydrogen-bond acceptors (Lipinski definition) is 4. The molecule has 0 aromatic carbocycles. The van der Waals surface area contributed by atoms with Crippen molar-refractivity contribution in [3.63, 3.8) is 0 Å². The van der Waals surface area contributed by atoms with Crippen molar-refractivity contribution >= 4 is 10.2 Å². The van der Waals surface area contributed by atoms with Crippen LogP contribution in [0.3, 0.4) is 0 Å². The molecule has 21 heavy (non-hydrogen) atoms. The van der Waals surface area contributed by atoms with Crippen LogP contribution in [0.15, 0.2) is 0 Å². The Morgan fingerprint density at radius 3 is 2.71 bits per heavy atom. The van der Waals surface area contributed by atoms with Gasteiger partial charge in [-0.05, 0) is 45.2 Å². The molecule has 0 amide bonds. The van der Waals surface area contributed by atoms with E-state index in [2.05, 4.69) is 12.2 Å². The second kappa shape index (κ2) is 7.87. The minimum atomic E-state index is -3.32. The van der Waals surface area contributed by atoms with Gasteiger partial charge in [0.15, 0.2) is 0 Å². The van der Waals surface area contributed by atoms with E-state index in [0.717, 1.165) is 32.4 Å². The molecule has 0 aromatic heterocycles. The van der Waals surface area contributed by atoms with Crippen molar-refractivity contribution in [3.8, 4) is 0 Å². The zero-order valence-corrected chi connectivity index (χ0v) is 14.1. The Kier molecular flexibility index (Phi) is 6.43. The average Bonchev–Trinajstić information content (AvgIpc) is 2.48. The molecular formula is C14H29N3O3S. The summed E-state index contributed by atoms with van der Waals surface area (Å²) in [7, 11) is -3.32. The van der Waals surface area contributed by atoms with Crippen LogP contribution in [0.1, 0.15) is 33.1 Å². The zero-order valence-electron chi connectivity index (χ0n) is 13.3. The molecule has 2 aliphatic rings. The van der Waals surface area contributed by atoms with Crippen molar-refractivity contribution in [1.82, 2.24) is 13.9 Å². The molecule has 0 spiro atoms. The summed E-state index contributed by atoms with van der Waals surface area (Å²) in [6.45, 7) is 8.72. The van der Waals surface area contributed by atoms with Crippen LogP contribution in [0.25, 0.3) is 0 Å². The Balaban J connectivity index is 1.92. The molecule has 1 N–H and O–H groups in total. The van der Waals surface area contributed by atoms with Crippen LogP contribution >= 0.6 is 0 Å². The minimum absolute atomic E-state index is 0.0136. The van der Waals surface area contributed by atoms with E-state index in [1.54, 1.807) is 8.61 Å². The summed E-state index contributed by atoms with van der Waals surface area (Å²) in [5.41, 5.74) is 0. The lowest BCUT2D eigenvalue weighted by atomic mass is 10.00. The van der Waals surface area contributed by atoms with Gasteiger partial charge >= 0.3 is 0 Å². The first kappa shape index (κ1) is 17.1. The van der Waals surface area contributed by atoms with Gasteiger partial charge in [0, 0.05) is 26.2 Å². The summed E-state index contributed by atoms with van der Waals surface area (Å²) in [6, 6.07) is 0. The van der Waals surface area contributed by atoms with Crippen LogP contribution in [-0.4, -0.2) is 69.0 Å². The van der Waals surface area contributed by atoms with Gasteiger partial charge in [-0.25, -0.2) is 0 Å². The molecule has 2 unspecified atom stereocenters. The number of nitrogens with zero attached hydrogens (tertiary/aromatic N) is 2. The van der Waals surface area contributed by atoms with Gasteiger partial charge in [0.2, 0.25) is 0 Å². The third-order valence-corrected chi connectivity index (χ3v) is 6.17. The number of rotatable bonds is 6. The Morgan fingerprint density at radius 2 is 2.00 bits per heavy atom. The first-order valence-electron chi connectivity index (χ1n) is 8.11. The van der Waals surface area contributed by atoms with E-state index in [4.69, 9.17) is 4.74 Å². The molecule has 6 nitrogen and oxygen atoms in total. The van der Waals surface area contributed by atoms with Crippen LogP contribution < -0.4 is 5.32 Å². The van der Waals surface area contributed by atoms with E-state index in [1.165, 1.54) is 0 Å². The predicted octanol–water partition coefficient (Wildman–Crippen LogP) is 0.664. The van der Waals surface area contributed by atoms with Crippen LogP contribution in [0, 0.1) is 5.92 Å². The average molecular weight is 319 g/mol. The minimum Gasteiger partial charge on any atom is -0.376 e. The lowest BCUT2D eigenvalue weighted by Gasteiger charge is -2.38. The predicted molar refractivity (Wildman–Crippen MR) is 83.4 cm³/mol. The summed E-state index contributed by atoms with van der Waals surface area (Å²) in [6.07, 6.45) is 3.17. The number of piperidine rings is 1. The van der Waals surface area contributed by atoms with Crippen LogP contribution in [0.2, 0.25) is 0 Å². The van der Waals surface area contributed by atoms with Crippen molar-refractivity contribution in [2.45, 2.75) is 39.2 Å². The number of nitrogens with one attached hydrogen (secondary N) is 1. The molecule has 0 saturated carbocycles. The smallest absolute Gasteiger partial charge is 0.282 e. The van der Waals surface area contributed by atoms with E-state index in [-0.39, 0.29) is 6.10 Å². The van der Waals surface area contributed by atoms with Gasteiger partial charge in [0.25, 0.3) is 10.2 Å². The second-order valence-corrected chi connectivity index (χ2v) is 8.05. The van der Waals surface area contributed by atoms with Gasteiger partial charge < -0.3 is 10.1 Å². The van der Waals surface area contributed by atoms with Crippen LogP contribution in [0.5, 0.6) is 0 Å². The van der Waals surface area contributed by atoms with E-state index in [9.17, 15) is 8.42 Å². The maximum Gasteiger partial charge on any atom is 0.282 e. The molecule has 2 atom stereocenters. The molecule has 2 aliphatic heterocycles. The van der Waals surface area contributed by atoms with Gasteiger partial charge in [0.1, 0.15) is 0 Å². The highest BCUT2D eigenvalue weighted by atomic mass is 32.2. The first-order valence-corrected chi connectivity index (χ1v) is 9.51. The fourth-order valence-corrected chi connectivity index (χ4v) is 4.83. The molecule has 0 radical (unpaired) electrons. The largest absolute Gasteiger partial charge is 0.376 e. The Labute approximate surface area is 129 Å². The summed E-state index contributed by atoms with van der Waals surface area (Å²) in [4.78, 5) is 0. The van der Waals surface area contributed by atoms with Crippen molar-refractivity contribution < 1.29 is 13.2 Å². The molecule has 2 rings (SSSR count). The van der Waals surface area contributed by atoms with E-state index >= 15 is 0 Å². The molecular weight excluding hydrogens is 290 g/mol. The van der Waals surface area contributed by atoms with Crippen LogP contribution in [-0.2, 0) is 14.9 Å². The Hall–Kier alpha value is -0.210. The normalized spacial score (nSPS) is 29.6. The number of morpholine rings is 1. The van der Waals surface area contributed by atoms with Crippen LogP contribution in [0.4, 0.5) is 0 Å². The van der Waals surface area contributed by atoms with E-state index in [0.29, 0.717) is 38.7 Å². The van der Waals surface area contributed by atoms with E-state index < -0.39 is 10.2 Å². The second-order valence-electron chi connectivity index (χ2n) is 6.12. The fourth-order valence-electron chi connectivity index (χ4n) is 3.05.